The highest BCUT2D eigenvalue weighted by atomic mass is 32.2. The summed E-state index contributed by atoms with van der Waals surface area (Å²) < 4.78 is 0. The molecule has 1 aromatic carbocycles. The molecule has 0 aromatic heterocycles. The zero-order valence-corrected chi connectivity index (χ0v) is 7.73. The van der Waals surface area contributed by atoms with Crippen LogP contribution in [-0.4, -0.2) is 13.0 Å². The molecule has 0 unspecified atom stereocenters. The lowest BCUT2D eigenvalue weighted by atomic mass is 9.92. The van der Waals surface area contributed by atoms with Gasteiger partial charge in [0.05, 0.1) is 0 Å². The van der Waals surface area contributed by atoms with Gasteiger partial charge in [0.15, 0.2) is 5.12 Å². The second-order valence-electron chi connectivity index (χ2n) is 2.48. The van der Waals surface area contributed by atoms with Gasteiger partial charge in [0, 0.05) is 12.7 Å². The van der Waals surface area contributed by atoms with Crippen molar-refractivity contribution in [1.82, 2.24) is 0 Å². The SMILES string of the molecule is [B]c1ccccc1CSC(C)=O. The smallest absolute Gasteiger partial charge is 0.186 e. The quantitative estimate of drug-likeness (QED) is 0.631. The van der Waals surface area contributed by atoms with Crippen molar-refractivity contribution in [3.05, 3.63) is 29.8 Å². The highest BCUT2D eigenvalue weighted by Crippen LogP contribution is 2.09. The van der Waals surface area contributed by atoms with E-state index in [1.165, 1.54) is 11.8 Å². The topological polar surface area (TPSA) is 17.1 Å². The molecule has 0 saturated heterocycles. The van der Waals surface area contributed by atoms with E-state index in [4.69, 9.17) is 7.85 Å². The second kappa shape index (κ2) is 4.36. The predicted octanol–water partition coefficient (Wildman–Crippen LogP) is 1.26. The fourth-order valence-electron chi connectivity index (χ4n) is 0.845. The third-order valence-corrected chi connectivity index (χ3v) is 2.35. The number of carbonyl (C=O) groups is 1. The zero-order chi connectivity index (χ0) is 8.97. The average Bonchev–Trinajstić information content (AvgIpc) is 2.03. The van der Waals surface area contributed by atoms with Crippen molar-refractivity contribution in [2.45, 2.75) is 12.7 Å². The molecule has 1 aromatic rings. The van der Waals surface area contributed by atoms with Crippen molar-refractivity contribution in [3.63, 3.8) is 0 Å². The van der Waals surface area contributed by atoms with Crippen molar-refractivity contribution < 1.29 is 4.79 Å². The zero-order valence-electron chi connectivity index (χ0n) is 6.91. The molecule has 0 aliphatic rings. The summed E-state index contributed by atoms with van der Waals surface area (Å²) in [6.45, 7) is 1.56. The highest BCUT2D eigenvalue weighted by molar-refractivity contribution is 8.12. The first-order valence-electron chi connectivity index (χ1n) is 3.67. The Morgan fingerprint density at radius 3 is 2.75 bits per heavy atom. The van der Waals surface area contributed by atoms with Crippen LogP contribution in [0.3, 0.4) is 0 Å². The maximum Gasteiger partial charge on any atom is 0.186 e. The van der Waals surface area contributed by atoms with Crippen molar-refractivity contribution in [3.8, 4) is 0 Å². The Hall–Kier alpha value is -0.695. The molecule has 0 saturated carbocycles. The standard InChI is InChI=1S/C9H9BOS/c1-7(11)12-6-8-4-2-3-5-9(8)10/h2-5H,6H2,1H3. The van der Waals surface area contributed by atoms with Crippen molar-refractivity contribution >= 4 is 30.2 Å². The summed E-state index contributed by atoms with van der Waals surface area (Å²) in [6.07, 6.45) is 0. The maximum atomic E-state index is 10.7. The van der Waals surface area contributed by atoms with Crippen LogP contribution in [0.15, 0.2) is 24.3 Å². The molecule has 0 aliphatic carbocycles. The molecule has 2 radical (unpaired) electrons. The molecule has 1 nitrogen and oxygen atoms in total. The van der Waals surface area contributed by atoms with Crippen LogP contribution in [0.4, 0.5) is 0 Å². The number of hydrogen-bond donors (Lipinski definition) is 0. The minimum Gasteiger partial charge on any atom is -0.288 e. The molecule has 0 N–H and O–H groups in total. The molecule has 0 bridgehead atoms. The fourth-order valence-corrected chi connectivity index (χ4v) is 1.47. The van der Waals surface area contributed by atoms with E-state index in [2.05, 4.69) is 0 Å². The van der Waals surface area contributed by atoms with Crippen LogP contribution in [-0.2, 0) is 10.5 Å². The van der Waals surface area contributed by atoms with E-state index in [1.807, 2.05) is 24.3 Å². The summed E-state index contributed by atoms with van der Waals surface area (Å²) in [5, 5.41) is 0.123. The van der Waals surface area contributed by atoms with Crippen LogP contribution < -0.4 is 5.46 Å². The second-order valence-corrected chi connectivity index (χ2v) is 3.63. The van der Waals surface area contributed by atoms with Crippen molar-refractivity contribution in [1.29, 1.82) is 0 Å². The first kappa shape index (κ1) is 9.39. The number of rotatable bonds is 2. The molecule has 0 atom stereocenters. The molecule has 1 rings (SSSR count). The minimum absolute atomic E-state index is 0.123. The van der Waals surface area contributed by atoms with E-state index < -0.39 is 0 Å². The number of benzene rings is 1. The molecule has 60 valence electrons. The summed E-state index contributed by atoms with van der Waals surface area (Å²) in [6, 6.07) is 7.59. The minimum atomic E-state index is 0.123. The third-order valence-electron chi connectivity index (χ3n) is 1.49. The van der Waals surface area contributed by atoms with Gasteiger partial charge >= 0.3 is 0 Å². The molecule has 0 amide bonds. The fraction of sp³-hybridized carbons (Fsp3) is 0.222. The lowest BCUT2D eigenvalue weighted by molar-refractivity contribution is -0.109. The van der Waals surface area contributed by atoms with Gasteiger partial charge in [0.1, 0.15) is 7.85 Å². The number of thioether (sulfide) groups is 1. The van der Waals surface area contributed by atoms with E-state index in [9.17, 15) is 4.79 Å². The van der Waals surface area contributed by atoms with E-state index in [0.29, 0.717) is 5.75 Å². The summed E-state index contributed by atoms with van der Waals surface area (Å²) in [7, 11) is 5.68. The summed E-state index contributed by atoms with van der Waals surface area (Å²) in [4.78, 5) is 10.7. The molecule has 0 spiro atoms. The van der Waals surface area contributed by atoms with E-state index in [0.717, 1.165) is 11.0 Å². The molecule has 0 heterocycles. The van der Waals surface area contributed by atoms with Gasteiger partial charge in [-0.05, 0) is 5.56 Å². The normalized spacial score (nSPS) is 9.75. The van der Waals surface area contributed by atoms with Crippen LogP contribution in [0.1, 0.15) is 12.5 Å². The summed E-state index contributed by atoms with van der Waals surface area (Å²) in [5.41, 5.74) is 1.78. The van der Waals surface area contributed by atoms with Crippen molar-refractivity contribution in [2.75, 3.05) is 0 Å². The van der Waals surface area contributed by atoms with Gasteiger partial charge in [0.2, 0.25) is 0 Å². The summed E-state index contributed by atoms with van der Waals surface area (Å²) in [5.74, 6) is 0.669. The van der Waals surface area contributed by atoms with Crippen LogP contribution >= 0.6 is 11.8 Å². The van der Waals surface area contributed by atoms with Gasteiger partial charge in [-0.1, -0.05) is 41.5 Å². The molecule has 0 aliphatic heterocycles. The molecule has 3 heteroatoms. The largest absolute Gasteiger partial charge is 0.288 e. The maximum absolute atomic E-state index is 10.7. The van der Waals surface area contributed by atoms with Crippen LogP contribution in [0.25, 0.3) is 0 Å². The van der Waals surface area contributed by atoms with Gasteiger partial charge in [-0.15, -0.1) is 0 Å². The Labute approximate surface area is 78.0 Å². The lowest BCUT2D eigenvalue weighted by Gasteiger charge is -2.02. The highest BCUT2D eigenvalue weighted by Gasteiger charge is 1.98. The Kier molecular flexibility index (Phi) is 3.41. The molecule has 0 fully saturated rings. The van der Waals surface area contributed by atoms with E-state index in [-0.39, 0.29) is 5.12 Å². The van der Waals surface area contributed by atoms with E-state index in [1.54, 1.807) is 6.92 Å². The average molecular weight is 176 g/mol. The molecule has 12 heavy (non-hydrogen) atoms. The Bertz CT molecular complexity index is 286. The Balaban J connectivity index is 2.63. The summed E-state index contributed by atoms with van der Waals surface area (Å²) >= 11 is 1.28. The van der Waals surface area contributed by atoms with Crippen molar-refractivity contribution in [2.24, 2.45) is 0 Å². The Morgan fingerprint density at radius 1 is 1.50 bits per heavy atom. The first-order chi connectivity index (χ1) is 5.70. The van der Waals surface area contributed by atoms with Gasteiger partial charge in [-0.3, -0.25) is 4.79 Å². The van der Waals surface area contributed by atoms with Gasteiger partial charge in [-0.25, -0.2) is 0 Å². The molecular weight excluding hydrogens is 167 g/mol. The van der Waals surface area contributed by atoms with E-state index >= 15 is 0 Å². The van der Waals surface area contributed by atoms with Gasteiger partial charge in [-0.2, -0.15) is 0 Å². The van der Waals surface area contributed by atoms with Gasteiger partial charge < -0.3 is 0 Å². The van der Waals surface area contributed by atoms with Crippen LogP contribution in [0.2, 0.25) is 0 Å². The van der Waals surface area contributed by atoms with Crippen LogP contribution in [0.5, 0.6) is 0 Å². The molecular formula is C9H9BOS. The predicted molar refractivity (Wildman–Crippen MR) is 53.8 cm³/mol. The lowest BCUT2D eigenvalue weighted by Crippen LogP contribution is -2.08. The Morgan fingerprint density at radius 2 is 2.17 bits per heavy atom. The number of hydrogen-bond acceptors (Lipinski definition) is 2. The van der Waals surface area contributed by atoms with Gasteiger partial charge in [0.25, 0.3) is 0 Å². The first-order valence-corrected chi connectivity index (χ1v) is 4.65. The number of carbonyl (C=O) groups excluding carboxylic acids is 1. The van der Waals surface area contributed by atoms with Crippen LogP contribution in [0, 0.1) is 0 Å². The monoisotopic (exact) mass is 176 g/mol. The third kappa shape index (κ3) is 2.74.